The highest BCUT2D eigenvalue weighted by Crippen LogP contribution is 2.19. The van der Waals surface area contributed by atoms with Gasteiger partial charge in [0.25, 0.3) is 0 Å². The summed E-state index contributed by atoms with van der Waals surface area (Å²) < 4.78 is 16.1. The van der Waals surface area contributed by atoms with Crippen molar-refractivity contribution in [3.8, 4) is 17.5 Å². The number of hydrogen-bond acceptors (Lipinski definition) is 6. The van der Waals surface area contributed by atoms with E-state index in [0.717, 1.165) is 30.7 Å². The monoisotopic (exact) mass is 371 g/mol. The zero-order chi connectivity index (χ0) is 19.1. The Kier molecular flexibility index (Phi) is 6.46. The molecule has 3 rings (SSSR count). The van der Waals surface area contributed by atoms with Crippen LogP contribution in [0.4, 0.5) is 0 Å². The van der Waals surface area contributed by atoms with Crippen LogP contribution in [0.2, 0.25) is 0 Å². The minimum Gasteiger partial charge on any atom is -0.497 e. The van der Waals surface area contributed by atoms with Crippen LogP contribution < -0.4 is 14.2 Å². The number of amides is 1. The second-order valence-electron chi connectivity index (χ2n) is 6.47. The molecule has 1 unspecified atom stereocenters. The summed E-state index contributed by atoms with van der Waals surface area (Å²) in [6.45, 7) is 1.34. The Morgan fingerprint density at radius 3 is 2.67 bits per heavy atom. The fourth-order valence-electron chi connectivity index (χ4n) is 3.12. The van der Waals surface area contributed by atoms with Gasteiger partial charge < -0.3 is 19.1 Å². The highest BCUT2D eigenvalue weighted by molar-refractivity contribution is 5.76. The van der Waals surface area contributed by atoms with Gasteiger partial charge in [-0.25, -0.2) is 0 Å². The van der Waals surface area contributed by atoms with E-state index in [4.69, 9.17) is 14.2 Å². The predicted octanol–water partition coefficient (Wildman–Crippen LogP) is 2.50. The molecule has 0 saturated carbocycles. The van der Waals surface area contributed by atoms with Crippen LogP contribution >= 0.6 is 0 Å². The van der Waals surface area contributed by atoms with Gasteiger partial charge in [0.15, 0.2) is 0 Å². The van der Waals surface area contributed by atoms with Crippen molar-refractivity contribution in [2.75, 3.05) is 27.3 Å². The molecule has 0 radical (unpaired) electrons. The van der Waals surface area contributed by atoms with Crippen LogP contribution in [0.15, 0.2) is 36.7 Å². The number of hydrogen-bond donors (Lipinski definition) is 0. The zero-order valence-corrected chi connectivity index (χ0v) is 15.8. The summed E-state index contributed by atoms with van der Waals surface area (Å²) >= 11 is 0. The van der Waals surface area contributed by atoms with Gasteiger partial charge in [0.05, 0.1) is 33.2 Å². The summed E-state index contributed by atoms with van der Waals surface area (Å²) in [5.41, 5.74) is 1.13. The van der Waals surface area contributed by atoms with Gasteiger partial charge in [-0.15, -0.1) is 0 Å². The zero-order valence-electron chi connectivity index (χ0n) is 15.8. The molecule has 0 bridgehead atoms. The summed E-state index contributed by atoms with van der Waals surface area (Å²) in [6, 6.07) is 7.82. The Balaban J connectivity index is 1.51. The Hall–Kier alpha value is -2.83. The van der Waals surface area contributed by atoms with Crippen LogP contribution in [-0.2, 0) is 11.2 Å². The molecule has 1 amide bonds. The lowest BCUT2D eigenvalue weighted by molar-refractivity contribution is -0.133. The first kappa shape index (κ1) is 18.9. The molecule has 1 aromatic heterocycles. The SMILES string of the molecule is COc1ccc(CCC(=O)N2CCCC(Oc3cncc(OC)n3)C2)cc1. The maximum atomic E-state index is 12.6. The van der Waals surface area contributed by atoms with Gasteiger partial charge in [-0.2, -0.15) is 4.98 Å². The first-order valence-electron chi connectivity index (χ1n) is 9.11. The normalized spacial score (nSPS) is 16.7. The quantitative estimate of drug-likeness (QED) is 0.745. The van der Waals surface area contributed by atoms with Crippen molar-refractivity contribution >= 4 is 5.91 Å². The molecular formula is C20H25N3O4. The van der Waals surface area contributed by atoms with E-state index in [1.54, 1.807) is 13.3 Å². The molecule has 1 fully saturated rings. The van der Waals surface area contributed by atoms with E-state index in [1.807, 2.05) is 29.2 Å². The highest BCUT2D eigenvalue weighted by Gasteiger charge is 2.25. The number of aromatic nitrogens is 2. The summed E-state index contributed by atoms with van der Waals surface area (Å²) in [5.74, 6) is 1.81. The highest BCUT2D eigenvalue weighted by atomic mass is 16.5. The summed E-state index contributed by atoms with van der Waals surface area (Å²) in [7, 11) is 3.18. The lowest BCUT2D eigenvalue weighted by Crippen LogP contribution is -2.44. The number of carbonyl (C=O) groups excluding carboxylic acids is 1. The van der Waals surface area contributed by atoms with Gasteiger partial charge in [-0.3, -0.25) is 9.78 Å². The number of carbonyl (C=O) groups is 1. The van der Waals surface area contributed by atoms with E-state index in [2.05, 4.69) is 9.97 Å². The van der Waals surface area contributed by atoms with Crippen molar-refractivity contribution in [1.82, 2.24) is 14.9 Å². The maximum Gasteiger partial charge on any atom is 0.235 e. The molecule has 0 N–H and O–H groups in total. The number of ether oxygens (including phenoxy) is 3. The largest absolute Gasteiger partial charge is 0.497 e. The minimum absolute atomic E-state index is 0.0786. The van der Waals surface area contributed by atoms with E-state index in [1.165, 1.54) is 13.3 Å². The molecule has 1 aliphatic rings. The minimum atomic E-state index is -0.0786. The van der Waals surface area contributed by atoms with E-state index < -0.39 is 0 Å². The molecule has 2 heterocycles. The number of likely N-dealkylation sites (tertiary alicyclic amines) is 1. The van der Waals surface area contributed by atoms with E-state index in [-0.39, 0.29) is 12.0 Å². The molecule has 0 spiro atoms. The van der Waals surface area contributed by atoms with E-state index in [0.29, 0.717) is 31.1 Å². The van der Waals surface area contributed by atoms with Crippen LogP contribution in [0.5, 0.6) is 17.5 Å². The number of piperidine rings is 1. The van der Waals surface area contributed by atoms with Crippen molar-refractivity contribution in [2.45, 2.75) is 31.8 Å². The standard InChI is InChI=1S/C20H25N3O4/c1-25-16-8-5-15(6-9-16)7-10-20(24)23-11-3-4-17(14-23)27-19-13-21-12-18(22-19)26-2/h5-6,8-9,12-13,17H,3-4,7,10-11,14H2,1-2H3. The third-order valence-corrected chi connectivity index (χ3v) is 4.60. The van der Waals surface area contributed by atoms with Gasteiger partial charge >= 0.3 is 0 Å². The van der Waals surface area contributed by atoms with Gasteiger partial charge in [0, 0.05) is 13.0 Å². The molecule has 1 atom stereocenters. The molecule has 1 aromatic carbocycles. The van der Waals surface area contributed by atoms with Crippen LogP contribution in [-0.4, -0.2) is 54.2 Å². The Labute approximate surface area is 159 Å². The second-order valence-corrected chi connectivity index (χ2v) is 6.47. The lowest BCUT2D eigenvalue weighted by atomic mass is 10.1. The van der Waals surface area contributed by atoms with Crippen molar-refractivity contribution in [3.05, 3.63) is 42.2 Å². The number of aryl methyl sites for hydroxylation is 1. The third-order valence-electron chi connectivity index (χ3n) is 4.60. The molecule has 0 aliphatic carbocycles. The molecule has 2 aromatic rings. The summed E-state index contributed by atoms with van der Waals surface area (Å²) in [4.78, 5) is 22.7. The van der Waals surface area contributed by atoms with Gasteiger partial charge in [-0.05, 0) is 37.0 Å². The maximum absolute atomic E-state index is 12.6. The van der Waals surface area contributed by atoms with Gasteiger partial charge in [-0.1, -0.05) is 12.1 Å². The number of methoxy groups -OCH3 is 2. The summed E-state index contributed by atoms with van der Waals surface area (Å²) in [5, 5.41) is 0. The van der Waals surface area contributed by atoms with Crippen LogP contribution in [0.1, 0.15) is 24.8 Å². The Bertz CT molecular complexity index is 751. The molecular weight excluding hydrogens is 346 g/mol. The lowest BCUT2D eigenvalue weighted by Gasteiger charge is -2.32. The van der Waals surface area contributed by atoms with Crippen LogP contribution in [0.25, 0.3) is 0 Å². The van der Waals surface area contributed by atoms with E-state index in [9.17, 15) is 4.79 Å². The molecule has 144 valence electrons. The average Bonchev–Trinajstić information content (AvgIpc) is 2.72. The Morgan fingerprint density at radius 1 is 1.15 bits per heavy atom. The second kappa shape index (κ2) is 9.21. The van der Waals surface area contributed by atoms with Gasteiger partial charge in [0.1, 0.15) is 11.9 Å². The molecule has 7 nitrogen and oxygen atoms in total. The van der Waals surface area contributed by atoms with E-state index >= 15 is 0 Å². The van der Waals surface area contributed by atoms with Crippen molar-refractivity contribution in [1.29, 1.82) is 0 Å². The molecule has 1 aliphatic heterocycles. The Morgan fingerprint density at radius 2 is 1.93 bits per heavy atom. The molecule has 1 saturated heterocycles. The number of benzene rings is 1. The first-order valence-corrected chi connectivity index (χ1v) is 9.11. The molecule has 7 heteroatoms. The summed E-state index contributed by atoms with van der Waals surface area (Å²) in [6.07, 6.45) is 6.02. The number of nitrogens with zero attached hydrogens (tertiary/aromatic N) is 3. The topological polar surface area (TPSA) is 73.8 Å². The average molecular weight is 371 g/mol. The van der Waals surface area contributed by atoms with Crippen molar-refractivity contribution < 1.29 is 19.0 Å². The first-order chi connectivity index (χ1) is 13.2. The third kappa shape index (κ3) is 5.32. The fourth-order valence-corrected chi connectivity index (χ4v) is 3.12. The fraction of sp³-hybridized carbons (Fsp3) is 0.450. The van der Waals surface area contributed by atoms with Crippen LogP contribution in [0, 0.1) is 0 Å². The van der Waals surface area contributed by atoms with Crippen molar-refractivity contribution in [3.63, 3.8) is 0 Å². The van der Waals surface area contributed by atoms with Gasteiger partial charge in [0.2, 0.25) is 17.7 Å². The predicted molar refractivity (Wildman–Crippen MR) is 100 cm³/mol. The number of rotatable bonds is 7. The van der Waals surface area contributed by atoms with Crippen LogP contribution in [0.3, 0.4) is 0 Å². The smallest absolute Gasteiger partial charge is 0.235 e. The molecule has 27 heavy (non-hydrogen) atoms. The van der Waals surface area contributed by atoms with Crippen molar-refractivity contribution in [2.24, 2.45) is 0 Å².